The molecule has 2 aromatic carbocycles. The lowest BCUT2D eigenvalue weighted by molar-refractivity contribution is -0.137. The van der Waals surface area contributed by atoms with Crippen molar-refractivity contribution in [3.8, 4) is 6.07 Å². The number of carbonyl (C=O) groups is 1. The van der Waals surface area contributed by atoms with E-state index in [0.717, 1.165) is 18.4 Å². The Bertz CT molecular complexity index is 1050. The Morgan fingerprint density at radius 1 is 1.17 bits per heavy atom. The van der Waals surface area contributed by atoms with Gasteiger partial charge in [-0.05, 0) is 23.8 Å². The van der Waals surface area contributed by atoms with Crippen LogP contribution in [0.25, 0.3) is 0 Å². The Kier molecular flexibility index (Phi) is 6.62. The third-order valence-corrected chi connectivity index (χ3v) is 5.15. The number of sulfonamides is 1. The molecule has 0 fully saturated rings. The van der Waals surface area contributed by atoms with E-state index in [2.05, 4.69) is 22.7 Å². The molecule has 1 atom stereocenters. The number of benzene rings is 2. The number of thiol groups is 1. The minimum absolute atomic E-state index is 0.251. The van der Waals surface area contributed by atoms with Gasteiger partial charge in [-0.1, -0.05) is 30.3 Å². The lowest BCUT2D eigenvalue weighted by Crippen LogP contribution is -2.55. The highest BCUT2D eigenvalue weighted by atomic mass is 32.2. The number of halogens is 3. The Morgan fingerprint density at radius 2 is 1.79 bits per heavy atom. The zero-order chi connectivity index (χ0) is 21.9. The predicted octanol–water partition coefficient (Wildman–Crippen LogP) is 2.89. The molecular weight excluding hydrogens is 427 g/mol. The Balaban J connectivity index is 2.53. The molecule has 154 valence electrons. The molecule has 0 saturated carbocycles. The van der Waals surface area contributed by atoms with Gasteiger partial charge in [0.1, 0.15) is 5.54 Å². The number of nitrogens with zero attached hydrogens (tertiary/aromatic N) is 1. The fraction of sp³-hybridized carbons (Fsp3) is 0.222. The first-order valence-corrected chi connectivity index (χ1v) is 10.5. The van der Waals surface area contributed by atoms with Gasteiger partial charge in [-0.25, -0.2) is 8.42 Å². The summed E-state index contributed by atoms with van der Waals surface area (Å²) in [5.74, 6) is -1.24. The largest absolute Gasteiger partial charge is 0.417 e. The summed E-state index contributed by atoms with van der Waals surface area (Å²) in [5.41, 5.74) is -3.69. The number of hydrogen-bond donors (Lipinski definition) is 3. The SMILES string of the molecule is CS(=O)(=O)N[C@@](CS)(C(=O)Nc1ccc(C#N)c(C(F)(F)F)c1)c1ccccc1. The van der Waals surface area contributed by atoms with Crippen LogP contribution in [-0.4, -0.2) is 26.3 Å². The van der Waals surface area contributed by atoms with Crippen molar-refractivity contribution >= 4 is 34.2 Å². The van der Waals surface area contributed by atoms with Crippen molar-refractivity contribution in [3.63, 3.8) is 0 Å². The highest BCUT2D eigenvalue weighted by Gasteiger charge is 2.42. The molecule has 0 bridgehead atoms. The van der Waals surface area contributed by atoms with Gasteiger partial charge in [0.15, 0.2) is 0 Å². The van der Waals surface area contributed by atoms with E-state index in [1.54, 1.807) is 18.2 Å². The van der Waals surface area contributed by atoms with Gasteiger partial charge < -0.3 is 5.32 Å². The molecule has 0 heterocycles. The molecule has 0 aliphatic heterocycles. The smallest absolute Gasteiger partial charge is 0.324 e. The monoisotopic (exact) mass is 443 g/mol. The highest BCUT2D eigenvalue weighted by molar-refractivity contribution is 7.88. The van der Waals surface area contributed by atoms with Crippen LogP contribution >= 0.6 is 12.6 Å². The third kappa shape index (κ3) is 5.29. The molecule has 1 amide bonds. The number of nitrogens with one attached hydrogen (secondary N) is 2. The van der Waals surface area contributed by atoms with Crippen LogP contribution in [0, 0.1) is 11.3 Å². The molecular formula is C18H16F3N3O3S2. The number of rotatable bonds is 6. The molecule has 0 unspecified atom stereocenters. The number of nitriles is 1. The maximum atomic E-state index is 13.2. The molecule has 11 heteroatoms. The van der Waals surface area contributed by atoms with Crippen LogP contribution in [0.3, 0.4) is 0 Å². The van der Waals surface area contributed by atoms with E-state index in [-0.39, 0.29) is 17.0 Å². The van der Waals surface area contributed by atoms with E-state index in [1.165, 1.54) is 18.2 Å². The van der Waals surface area contributed by atoms with E-state index < -0.39 is 38.8 Å². The van der Waals surface area contributed by atoms with Gasteiger partial charge in [0, 0.05) is 11.4 Å². The number of anilines is 1. The Labute approximate surface area is 171 Å². The standard InChI is InChI=1S/C18H16F3N3O3S2/c1-29(26,27)24-17(11-28,13-5-3-2-4-6-13)16(25)23-14-8-7-12(10-22)15(9-14)18(19,20)21/h2-9,24,28H,11H2,1H3,(H,23,25)/t17-/m1/s1. The molecule has 0 aliphatic rings. The van der Waals surface area contributed by atoms with Crippen LogP contribution in [0.4, 0.5) is 18.9 Å². The van der Waals surface area contributed by atoms with Crippen LogP contribution in [-0.2, 0) is 26.5 Å². The summed E-state index contributed by atoms with van der Waals surface area (Å²) in [4.78, 5) is 13.0. The van der Waals surface area contributed by atoms with Crippen LogP contribution < -0.4 is 10.0 Å². The summed E-state index contributed by atoms with van der Waals surface area (Å²) in [7, 11) is -3.90. The maximum absolute atomic E-state index is 13.2. The maximum Gasteiger partial charge on any atom is 0.417 e. The first-order valence-electron chi connectivity index (χ1n) is 8.01. The minimum atomic E-state index is -4.81. The molecule has 0 spiro atoms. The number of amides is 1. The van der Waals surface area contributed by atoms with Crippen molar-refractivity contribution in [3.05, 3.63) is 65.2 Å². The first-order chi connectivity index (χ1) is 13.4. The summed E-state index contributed by atoms with van der Waals surface area (Å²) >= 11 is 4.12. The second kappa shape index (κ2) is 8.44. The topological polar surface area (TPSA) is 99.1 Å². The van der Waals surface area contributed by atoms with E-state index in [4.69, 9.17) is 5.26 Å². The van der Waals surface area contributed by atoms with Crippen molar-refractivity contribution in [2.24, 2.45) is 0 Å². The quantitative estimate of drug-likeness (QED) is 0.598. The van der Waals surface area contributed by atoms with Crippen molar-refractivity contribution in [1.82, 2.24) is 4.72 Å². The molecule has 29 heavy (non-hydrogen) atoms. The average Bonchev–Trinajstić information content (AvgIpc) is 2.65. The minimum Gasteiger partial charge on any atom is -0.324 e. The fourth-order valence-electron chi connectivity index (χ4n) is 2.66. The van der Waals surface area contributed by atoms with Crippen LogP contribution in [0.1, 0.15) is 16.7 Å². The second-order valence-corrected chi connectivity index (χ2v) is 8.19. The lowest BCUT2D eigenvalue weighted by Gasteiger charge is -2.31. The van der Waals surface area contributed by atoms with Gasteiger partial charge in [0.2, 0.25) is 10.0 Å². The summed E-state index contributed by atoms with van der Waals surface area (Å²) < 4.78 is 65.5. The summed E-state index contributed by atoms with van der Waals surface area (Å²) in [6.45, 7) is 0. The lowest BCUT2D eigenvalue weighted by atomic mass is 9.91. The van der Waals surface area contributed by atoms with Gasteiger partial charge in [-0.15, -0.1) is 0 Å². The molecule has 6 nitrogen and oxygen atoms in total. The average molecular weight is 443 g/mol. The van der Waals surface area contributed by atoms with Gasteiger partial charge in [-0.2, -0.15) is 35.8 Å². The molecule has 2 N–H and O–H groups in total. The van der Waals surface area contributed by atoms with E-state index in [1.807, 2.05) is 0 Å². The van der Waals surface area contributed by atoms with Crippen molar-refractivity contribution < 1.29 is 26.4 Å². The number of alkyl halides is 3. The third-order valence-electron chi connectivity index (χ3n) is 3.95. The predicted molar refractivity (Wildman–Crippen MR) is 105 cm³/mol. The zero-order valence-electron chi connectivity index (χ0n) is 15.0. The second-order valence-electron chi connectivity index (χ2n) is 6.13. The van der Waals surface area contributed by atoms with Crippen LogP contribution in [0.5, 0.6) is 0 Å². The van der Waals surface area contributed by atoms with Crippen molar-refractivity contribution in [1.29, 1.82) is 5.26 Å². The van der Waals surface area contributed by atoms with Crippen LogP contribution in [0.2, 0.25) is 0 Å². The van der Waals surface area contributed by atoms with E-state index >= 15 is 0 Å². The first kappa shape index (κ1) is 22.7. The Hall–Kier alpha value is -2.55. The summed E-state index contributed by atoms with van der Waals surface area (Å²) in [6, 6.07) is 11.9. The van der Waals surface area contributed by atoms with Crippen LogP contribution in [0.15, 0.2) is 48.5 Å². The molecule has 0 radical (unpaired) electrons. The van der Waals surface area contributed by atoms with E-state index in [9.17, 15) is 26.4 Å². The van der Waals surface area contributed by atoms with Gasteiger partial charge >= 0.3 is 6.18 Å². The molecule has 0 aliphatic carbocycles. The highest BCUT2D eigenvalue weighted by Crippen LogP contribution is 2.34. The number of hydrogen-bond acceptors (Lipinski definition) is 5. The van der Waals surface area contributed by atoms with Crippen molar-refractivity contribution in [2.45, 2.75) is 11.7 Å². The molecule has 0 saturated heterocycles. The fourth-order valence-corrected chi connectivity index (χ4v) is 4.09. The van der Waals surface area contributed by atoms with Gasteiger partial charge in [0.05, 0.1) is 23.5 Å². The number of carbonyl (C=O) groups excluding carboxylic acids is 1. The van der Waals surface area contributed by atoms with Gasteiger partial charge in [-0.3, -0.25) is 4.79 Å². The molecule has 2 rings (SSSR count). The molecule has 2 aromatic rings. The van der Waals surface area contributed by atoms with E-state index in [0.29, 0.717) is 6.07 Å². The van der Waals surface area contributed by atoms with Crippen molar-refractivity contribution in [2.75, 3.05) is 17.3 Å². The van der Waals surface area contributed by atoms with Gasteiger partial charge in [0.25, 0.3) is 5.91 Å². The zero-order valence-corrected chi connectivity index (χ0v) is 16.7. The summed E-state index contributed by atoms with van der Waals surface area (Å²) in [6.07, 6.45) is -3.96. The summed E-state index contributed by atoms with van der Waals surface area (Å²) in [5, 5.41) is 11.2. The molecule has 0 aromatic heterocycles. The Morgan fingerprint density at radius 3 is 2.28 bits per heavy atom. The normalized spacial score (nSPS) is 13.9.